The van der Waals surface area contributed by atoms with Crippen molar-refractivity contribution < 1.29 is 14.2 Å². The molecule has 0 spiro atoms. The van der Waals surface area contributed by atoms with Crippen molar-refractivity contribution in [3.05, 3.63) is 125 Å². The summed E-state index contributed by atoms with van der Waals surface area (Å²) in [5, 5.41) is 0. The average Bonchev–Trinajstić information content (AvgIpc) is 3.31. The molecule has 3 heteroatoms. The first-order chi connectivity index (χ1) is 15.3. The van der Waals surface area contributed by atoms with Crippen molar-refractivity contribution in [2.45, 2.75) is 17.9 Å². The van der Waals surface area contributed by atoms with Gasteiger partial charge in [-0.1, -0.05) is 91.0 Å². The molecule has 6 rings (SSSR count). The van der Waals surface area contributed by atoms with Crippen LogP contribution in [0.1, 0.15) is 34.6 Å². The smallest absolute Gasteiger partial charge is 0.231 e. The molecule has 4 aromatic rings. The zero-order chi connectivity index (χ0) is 20.7. The van der Waals surface area contributed by atoms with Crippen LogP contribution in [0.3, 0.4) is 0 Å². The normalized spacial score (nSPS) is 18.1. The zero-order valence-corrected chi connectivity index (χ0v) is 17.0. The third kappa shape index (κ3) is 2.97. The maximum Gasteiger partial charge on any atom is 0.231 e. The summed E-state index contributed by atoms with van der Waals surface area (Å²) in [5.74, 6) is 2.52. The highest BCUT2D eigenvalue weighted by Gasteiger charge is 2.45. The van der Waals surface area contributed by atoms with Crippen LogP contribution in [0.15, 0.2) is 103 Å². The van der Waals surface area contributed by atoms with Gasteiger partial charge in [0.25, 0.3) is 0 Å². The molecule has 31 heavy (non-hydrogen) atoms. The Morgan fingerprint density at radius 3 is 1.77 bits per heavy atom. The van der Waals surface area contributed by atoms with Crippen LogP contribution in [0, 0.1) is 0 Å². The van der Waals surface area contributed by atoms with E-state index < -0.39 is 5.60 Å². The predicted octanol–water partition coefficient (Wildman–Crippen LogP) is 6.27. The molecular formula is C28H22O3. The molecule has 0 unspecified atom stereocenters. The average molecular weight is 406 g/mol. The van der Waals surface area contributed by atoms with Gasteiger partial charge < -0.3 is 14.2 Å². The minimum absolute atomic E-state index is 0.153. The summed E-state index contributed by atoms with van der Waals surface area (Å²) in [7, 11) is 0. The molecule has 0 saturated heterocycles. The molecule has 0 aliphatic carbocycles. The van der Waals surface area contributed by atoms with E-state index in [1.807, 2.05) is 18.2 Å². The summed E-state index contributed by atoms with van der Waals surface area (Å²) in [4.78, 5) is 0. The third-order valence-corrected chi connectivity index (χ3v) is 6.34. The summed E-state index contributed by atoms with van der Waals surface area (Å²) in [6, 6.07) is 35.8. The lowest BCUT2D eigenvalue weighted by Crippen LogP contribution is -2.40. The fraction of sp³-hybridized carbons (Fsp3) is 0.143. The van der Waals surface area contributed by atoms with Gasteiger partial charge >= 0.3 is 0 Å². The number of hydrogen-bond donors (Lipinski definition) is 0. The van der Waals surface area contributed by atoms with Gasteiger partial charge in [-0.2, -0.15) is 0 Å². The van der Waals surface area contributed by atoms with Gasteiger partial charge in [0.15, 0.2) is 17.1 Å². The van der Waals surface area contributed by atoms with Crippen molar-refractivity contribution in [3.63, 3.8) is 0 Å². The molecule has 2 heterocycles. The zero-order valence-electron chi connectivity index (χ0n) is 17.0. The van der Waals surface area contributed by atoms with Gasteiger partial charge in [-0.15, -0.1) is 0 Å². The van der Waals surface area contributed by atoms with Gasteiger partial charge in [-0.05, 0) is 22.8 Å². The Balaban J connectivity index is 1.60. The highest BCUT2D eigenvalue weighted by atomic mass is 16.7. The fourth-order valence-electron chi connectivity index (χ4n) is 4.84. The summed E-state index contributed by atoms with van der Waals surface area (Å²) in [6.07, 6.45) is 0.789. The first-order valence-corrected chi connectivity index (χ1v) is 10.6. The Labute approximate surface area is 181 Å². The topological polar surface area (TPSA) is 27.7 Å². The SMILES string of the molecule is c1ccc([C@@H]2CC(c3ccccc3)(c3ccccc3)Oc3cc4c(cc32)OCO4)cc1. The van der Waals surface area contributed by atoms with Crippen molar-refractivity contribution in [2.24, 2.45) is 0 Å². The van der Waals surface area contributed by atoms with Crippen LogP contribution in [0.2, 0.25) is 0 Å². The lowest BCUT2D eigenvalue weighted by Gasteiger charge is -2.43. The third-order valence-electron chi connectivity index (χ3n) is 6.34. The van der Waals surface area contributed by atoms with Gasteiger partial charge in [-0.25, -0.2) is 0 Å². The Kier molecular flexibility index (Phi) is 4.20. The molecule has 0 fully saturated rings. The molecule has 0 radical (unpaired) electrons. The minimum atomic E-state index is -0.607. The van der Waals surface area contributed by atoms with Crippen LogP contribution in [0.25, 0.3) is 0 Å². The van der Waals surface area contributed by atoms with Crippen molar-refractivity contribution in [2.75, 3.05) is 6.79 Å². The van der Waals surface area contributed by atoms with E-state index in [0.717, 1.165) is 40.4 Å². The highest BCUT2D eigenvalue weighted by molar-refractivity contribution is 5.58. The van der Waals surface area contributed by atoms with E-state index in [1.54, 1.807) is 0 Å². The van der Waals surface area contributed by atoms with Crippen LogP contribution < -0.4 is 14.2 Å². The number of hydrogen-bond acceptors (Lipinski definition) is 3. The van der Waals surface area contributed by atoms with Crippen molar-refractivity contribution in [1.29, 1.82) is 0 Å². The van der Waals surface area contributed by atoms with E-state index in [0.29, 0.717) is 0 Å². The van der Waals surface area contributed by atoms with E-state index in [2.05, 4.69) is 84.9 Å². The van der Waals surface area contributed by atoms with Gasteiger partial charge in [0, 0.05) is 24.0 Å². The molecule has 0 aromatic heterocycles. The van der Waals surface area contributed by atoms with E-state index in [1.165, 1.54) is 5.56 Å². The first-order valence-electron chi connectivity index (χ1n) is 10.6. The molecule has 2 aliphatic heterocycles. The Morgan fingerprint density at radius 1 is 0.613 bits per heavy atom. The second-order valence-electron chi connectivity index (χ2n) is 8.07. The maximum absolute atomic E-state index is 6.93. The van der Waals surface area contributed by atoms with Crippen LogP contribution in [0.4, 0.5) is 0 Å². The second-order valence-corrected chi connectivity index (χ2v) is 8.07. The molecule has 1 atom stereocenters. The highest BCUT2D eigenvalue weighted by Crippen LogP contribution is 2.54. The van der Waals surface area contributed by atoms with Gasteiger partial charge in [0.05, 0.1) is 0 Å². The number of ether oxygens (including phenoxy) is 3. The Morgan fingerprint density at radius 2 is 1.16 bits per heavy atom. The molecule has 4 aromatic carbocycles. The van der Waals surface area contributed by atoms with Crippen molar-refractivity contribution in [1.82, 2.24) is 0 Å². The summed E-state index contributed by atoms with van der Waals surface area (Å²) in [5.41, 5.74) is 4.08. The predicted molar refractivity (Wildman–Crippen MR) is 120 cm³/mol. The Bertz CT molecular complexity index is 1160. The molecule has 152 valence electrons. The molecule has 3 nitrogen and oxygen atoms in total. The van der Waals surface area contributed by atoms with E-state index >= 15 is 0 Å². The molecule has 0 saturated carbocycles. The van der Waals surface area contributed by atoms with Gasteiger partial charge in [0.2, 0.25) is 6.79 Å². The van der Waals surface area contributed by atoms with E-state index in [9.17, 15) is 0 Å². The maximum atomic E-state index is 6.93. The largest absolute Gasteiger partial charge is 0.477 e. The van der Waals surface area contributed by atoms with Crippen LogP contribution >= 0.6 is 0 Å². The number of rotatable bonds is 3. The number of fused-ring (bicyclic) bond motifs is 2. The second kappa shape index (κ2) is 7.21. The Hall–Kier alpha value is -3.72. The lowest BCUT2D eigenvalue weighted by molar-refractivity contribution is 0.0773. The first kappa shape index (κ1) is 18.1. The quantitative estimate of drug-likeness (QED) is 0.401. The summed E-state index contributed by atoms with van der Waals surface area (Å²) >= 11 is 0. The van der Waals surface area contributed by atoms with Gasteiger partial charge in [0.1, 0.15) is 5.75 Å². The summed E-state index contributed by atoms with van der Waals surface area (Å²) < 4.78 is 18.3. The van der Waals surface area contributed by atoms with Crippen molar-refractivity contribution >= 4 is 0 Å². The van der Waals surface area contributed by atoms with Crippen LogP contribution in [-0.4, -0.2) is 6.79 Å². The van der Waals surface area contributed by atoms with E-state index in [-0.39, 0.29) is 12.7 Å². The molecular weight excluding hydrogens is 384 g/mol. The monoisotopic (exact) mass is 406 g/mol. The molecule has 0 bridgehead atoms. The summed E-state index contributed by atoms with van der Waals surface area (Å²) in [6.45, 7) is 0.247. The fourth-order valence-corrected chi connectivity index (χ4v) is 4.84. The standard InChI is InChI=1S/C28H22O3/c1-4-10-20(11-5-1)24-18-28(21-12-6-2-7-13-21,22-14-8-3-9-15-22)31-25-17-27-26(16-23(24)25)29-19-30-27/h1-17,24H,18-19H2/t24-/m0/s1. The van der Waals surface area contributed by atoms with E-state index in [4.69, 9.17) is 14.2 Å². The minimum Gasteiger partial charge on any atom is -0.477 e. The molecule has 2 aliphatic rings. The molecule has 0 amide bonds. The number of benzene rings is 4. The lowest BCUT2D eigenvalue weighted by atomic mass is 9.72. The van der Waals surface area contributed by atoms with Crippen LogP contribution in [0.5, 0.6) is 17.2 Å². The van der Waals surface area contributed by atoms with Crippen molar-refractivity contribution in [3.8, 4) is 17.2 Å². The van der Waals surface area contributed by atoms with Crippen LogP contribution in [-0.2, 0) is 5.60 Å². The van der Waals surface area contributed by atoms with Gasteiger partial charge in [-0.3, -0.25) is 0 Å². The molecule has 0 N–H and O–H groups in total.